The fraction of sp³-hybridized carbons (Fsp3) is 0.440. The maximum atomic E-state index is 13.1. The van der Waals surface area contributed by atoms with Crippen LogP contribution < -0.4 is 4.90 Å². The number of sulfonamides is 1. The van der Waals surface area contributed by atoms with E-state index in [9.17, 15) is 13.2 Å². The third kappa shape index (κ3) is 4.97. The molecule has 0 saturated carbocycles. The summed E-state index contributed by atoms with van der Waals surface area (Å²) in [6.07, 6.45) is 1.76. The summed E-state index contributed by atoms with van der Waals surface area (Å²) >= 11 is 7.88. The zero-order valence-corrected chi connectivity index (χ0v) is 22.7. The monoisotopic (exact) mass is 548 g/mol. The summed E-state index contributed by atoms with van der Waals surface area (Å²) < 4.78 is 33.9. The van der Waals surface area contributed by atoms with E-state index in [0.717, 1.165) is 33.8 Å². The molecule has 1 amide bonds. The Bertz CT molecular complexity index is 1360. The van der Waals surface area contributed by atoms with Crippen molar-refractivity contribution in [3.8, 4) is 0 Å². The van der Waals surface area contributed by atoms with E-state index in [1.54, 1.807) is 35.4 Å². The summed E-state index contributed by atoms with van der Waals surface area (Å²) in [6, 6.07) is 10.1. The minimum Gasteiger partial charge on any atom is -0.377 e. The van der Waals surface area contributed by atoms with Gasteiger partial charge in [-0.2, -0.15) is 4.31 Å². The minimum atomic E-state index is -3.64. The van der Waals surface area contributed by atoms with Crippen LogP contribution in [0, 0.1) is 6.92 Å². The number of anilines is 1. The molecule has 3 aromatic rings. The van der Waals surface area contributed by atoms with E-state index in [1.165, 1.54) is 16.4 Å². The number of piperazine rings is 1. The van der Waals surface area contributed by atoms with E-state index in [4.69, 9.17) is 21.3 Å². The first-order chi connectivity index (χ1) is 17.2. The minimum absolute atomic E-state index is 0.0612. The van der Waals surface area contributed by atoms with Crippen LogP contribution in [0.4, 0.5) is 5.13 Å². The molecule has 1 atom stereocenters. The van der Waals surface area contributed by atoms with Gasteiger partial charge in [-0.3, -0.25) is 4.79 Å². The number of nitrogens with zero attached hydrogens (tertiary/aromatic N) is 4. The first-order valence-electron chi connectivity index (χ1n) is 12.0. The van der Waals surface area contributed by atoms with Gasteiger partial charge in [-0.25, -0.2) is 13.4 Å². The van der Waals surface area contributed by atoms with E-state index in [0.29, 0.717) is 49.9 Å². The molecule has 1 aromatic heterocycles. The number of likely N-dealkylation sites (N-methyl/N-ethyl adjacent to an activating group) is 1. The number of fused-ring (bicyclic) bond motifs is 1. The fourth-order valence-electron chi connectivity index (χ4n) is 4.63. The second-order valence-corrected chi connectivity index (χ2v) is 12.7. The topological polar surface area (TPSA) is 83.1 Å². The van der Waals surface area contributed by atoms with E-state index >= 15 is 0 Å². The van der Waals surface area contributed by atoms with Gasteiger partial charge in [0.2, 0.25) is 10.0 Å². The molecule has 0 N–H and O–H groups in total. The molecule has 1 unspecified atom stereocenters. The molecular weight excluding hydrogens is 520 g/mol. The molecule has 5 rings (SSSR count). The van der Waals surface area contributed by atoms with Crippen molar-refractivity contribution >= 4 is 54.2 Å². The van der Waals surface area contributed by atoms with Crippen LogP contribution in [0.3, 0.4) is 0 Å². The highest BCUT2D eigenvalue weighted by atomic mass is 35.5. The molecule has 0 bridgehead atoms. The summed E-state index contributed by atoms with van der Waals surface area (Å²) in [7, 11) is -2.07. The summed E-state index contributed by atoms with van der Waals surface area (Å²) in [5.74, 6) is -0.0989. The zero-order chi connectivity index (χ0) is 25.4. The maximum Gasteiger partial charge on any atom is 0.253 e. The van der Waals surface area contributed by atoms with Gasteiger partial charge < -0.3 is 14.5 Å². The molecule has 2 saturated heterocycles. The molecule has 2 aromatic carbocycles. The molecule has 36 heavy (non-hydrogen) atoms. The lowest BCUT2D eigenvalue weighted by molar-refractivity contribution is 0.0746. The Labute approximate surface area is 220 Å². The third-order valence-corrected chi connectivity index (χ3v) is 10.2. The Morgan fingerprint density at radius 3 is 2.56 bits per heavy atom. The van der Waals surface area contributed by atoms with Gasteiger partial charge in [-0.05, 0) is 61.7 Å². The highest BCUT2D eigenvalue weighted by Gasteiger charge is 2.28. The Morgan fingerprint density at radius 1 is 1.17 bits per heavy atom. The molecule has 0 radical (unpaired) electrons. The second-order valence-electron chi connectivity index (χ2n) is 9.24. The van der Waals surface area contributed by atoms with Crippen LogP contribution in [0.15, 0.2) is 41.3 Å². The lowest BCUT2D eigenvalue weighted by atomic mass is 10.2. The van der Waals surface area contributed by atoms with Gasteiger partial charge in [0, 0.05) is 57.0 Å². The van der Waals surface area contributed by atoms with Gasteiger partial charge in [-0.15, -0.1) is 0 Å². The van der Waals surface area contributed by atoms with Crippen molar-refractivity contribution in [2.45, 2.75) is 30.8 Å². The summed E-state index contributed by atoms with van der Waals surface area (Å²) in [5.41, 5.74) is 2.39. The molecule has 0 spiro atoms. The van der Waals surface area contributed by atoms with E-state index in [-0.39, 0.29) is 16.9 Å². The molecular formula is C25H29ClN4O4S2. The van der Waals surface area contributed by atoms with E-state index < -0.39 is 10.0 Å². The maximum absolute atomic E-state index is 13.1. The van der Waals surface area contributed by atoms with Crippen molar-refractivity contribution in [2.75, 3.05) is 51.3 Å². The molecule has 192 valence electrons. The number of ether oxygens (including phenoxy) is 1. The van der Waals surface area contributed by atoms with Crippen molar-refractivity contribution in [1.82, 2.24) is 14.2 Å². The van der Waals surface area contributed by atoms with Gasteiger partial charge in [0.15, 0.2) is 5.13 Å². The van der Waals surface area contributed by atoms with Crippen molar-refractivity contribution in [2.24, 2.45) is 0 Å². The first-order valence-corrected chi connectivity index (χ1v) is 14.7. The number of aryl methyl sites for hydroxylation is 1. The zero-order valence-electron chi connectivity index (χ0n) is 20.3. The van der Waals surface area contributed by atoms with Gasteiger partial charge in [0.05, 0.1) is 21.2 Å². The van der Waals surface area contributed by atoms with Crippen LogP contribution in [0.5, 0.6) is 0 Å². The Hall–Kier alpha value is -2.24. The van der Waals surface area contributed by atoms with Gasteiger partial charge in [0.25, 0.3) is 5.91 Å². The van der Waals surface area contributed by atoms with Crippen LogP contribution in [-0.2, 0) is 14.8 Å². The standard InChI is InChI=1S/C25H29ClN4O4S2/c1-17-21(26)9-10-22-23(17)27-25(35-22)30-13-11-29(12-14-30)24(31)18-5-7-20(8-6-18)36(32,33)28(2)16-19-4-3-15-34-19/h5-10,19H,3-4,11-16H2,1-2H3. The molecule has 8 nitrogen and oxygen atoms in total. The number of thiazole rings is 1. The number of carbonyl (C=O) groups excluding carboxylic acids is 1. The van der Waals surface area contributed by atoms with Gasteiger partial charge in [-0.1, -0.05) is 22.9 Å². The van der Waals surface area contributed by atoms with Crippen molar-refractivity contribution in [3.63, 3.8) is 0 Å². The Kier molecular flexibility index (Phi) is 7.24. The van der Waals surface area contributed by atoms with Gasteiger partial charge >= 0.3 is 0 Å². The average molecular weight is 549 g/mol. The summed E-state index contributed by atoms with van der Waals surface area (Å²) in [4.78, 5) is 22.1. The molecule has 2 fully saturated rings. The van der Waals surface area contributed by atoms with Crippen LogP contribution in [0.1, 0.15) is 28.8 Å². The largest absolute Gasteiger partial charge is 0.377 e. The highest BCUT2D eigenvalue weighted by molar-refractivity contribution is 7.89. The number of rotatable bonds is 6. The van der Waals surface area contributed by atoms with Crippen LogP contribution in [0.2, 0.25) is 5.02 Å². The number of carbonyl (C=O) groups is 1. The number of amides is 1. The first kappa shape index (κ1) is 25.4. The second kappa shape index (κ2) is 10.3. The number of halogens is 1. The number of aromatic nitrogens is 1. The van der Waals surface area contributed by atoms with E-state index in [1.807, 2.05) is 19.1 Å². The summed E-state index contributed by atoms with van der Waals surface area (Å²) in [5, 5.41) is 1.65. The van der Waals surface area contributed by atoms with Crippen molar-refractivity contribution in [1.29, 1.82) is 0 Å². The molecule has 2 aliphatic rings. The number of benzene rings is 2. The van der Waals surface area contributed by atoms with Crippen LogP contribution in [-0.4, -0.2) is 81.0 Å². The quantitative estimate of drug-likeness (QED) is 0.463. The lowest BCUT2D eigenvalue weighted by Crippen LogP contribution is -2.48. The predicted molar refractivity (Wildman–Crippen MR) is 143 cm³/mol. The normalized spacial score (nSPS) is 18.9. The number of hydrogen-bond donors (Lipinski definition) is 0. The number of hydrogen-bond acceptors (Lipinski definition) is 7. The SMILES string of the molecule is Cc1c(Cl)ccc2sc(N3CCN(C(=O)c4ccc(S(=O)(=O)N(C)CC5CCCO5)cc4)CC3)nc12. The van der Waals surface area contributed by atoms with E-state index in [2.05, 4.69) is 4.90 Å². The average Bonchev–Trinajstić information content (AvgIpc) is 3.56. The molecule has 0 aliphatic carbocycles. The van der Waals surface area contributed by atoms with Crippen molar-refractivity contribution in [3.05, 3.63) is 52.5 Å². The molecule has 11 heteroatoms. The fourth-order valence-corrected chi connectivity index (χ4v) is 7.06. The molecule has 2 aliphatic heterocycles. The lowest BCUT2D eigenvalue weighted by Gasteiger charge is -2.34. The predicted octanol–water partition coefficient (Wildman–Crippen LogP) is 4.02. The Balaban J connectivity index is 1.21. The van der Waals surface area contributed by atoms with Crippen molar-refractivity contribution < 1.29 is 17.9 Å². The third-order valence-electron chi connectivity index (χ3n) is 6.87. The Morgan fingerprint density at radius 2 is 1.89 bits per heavy atom. The highest BCUT2D eigenvalue weighted by Crippen LogP contribution is 2.34. The van der Waals surface area contributed by atoms with Crippen LogP contribution in [0.25, 0.3) is 10.2 Å². The smallest absolute Gasteiger partial charge is 0.253 e. The molecule has 3 heterocycles. The van der Waals surface area contributed by atoms with Crippen LogP contribution >= 0.6 is 22.9 Å². The van der Waals surface area contributed by atoms with Gasteiger partial charge in [0.1, 0.15) is 0 Å². The summed E-state index contributed by atoms with van der Waals surface area (Å²) in [6.45, 7) is 5.48.